The molecule has 1 unspecified atom stereocenters. The lowest BCUT2D eigenvalue weighted by atomic mass is 10.1. The number of rotatable bonds is 1. The Morgan fingerprint density at radius 1 is 1.44 bits per heavy atom. The number of amides is 1. The van der Waals surface area contributed by atoms with Gasteiger partial charge in [-0.3, -0.25) is 4.90 Å². The van der Waals surface area contributed by atoms with E-state index in [9.17, 15) is 4.79 Å². The Labute approximate surface area is 94.4 Å². The molecular weight excluding hydrogens is 206 g/mol. The summed E-state index contributed by atoms with van der Waals surface area (Å²) in [6, 6.07) is 9.68. The van der Waals surface area contributed by atoms with Crippen molar-refractivity contribution in [3.8, 4) is 0 Å². The summed E-state index contributed by atoms with van der Waals surface area (Å²) in [6.07, 6.45) is -1.12. The molecule has 0 saturated carbocycles. The molecule has 0 radical (unpaired) electrons. The molecule has 0 spiro atoms. The van der Waals surface area contributed by atoms with Crippen LogP contribution in [0.25, 0.3) is 0 Å². The first-order valence-electron chi connectivity index (χ1n) is 5.24. The maximum atomic E-state index is 11.0. The van der Waals surface area contributed by atoms with Gasteiger partial charge in [-0.2, -0.15) is 0 Å². The number of carbonyl (C=O) groups is 1. The minimum atomic E-state index is -0.941. The molecule has 1 saturated heterocycles. The number of hydrogen-bond acceptors (Lipinski definition) is 2. The zero-order valence-corrected chi connectivity index (χ0v) is 9.38. The van der Waals surface area contributed by atoms with Crippen molar-refractivity contribution in [3.05, 3.63) is 35.9 Å². The molecule has 1 aliphatic heterocycles. The van der Waals surface area contributed by atoms with Crippen LogP contribution < -0.4 is 0 Å². The van der Waals surface area contributed by atoms with Gasteiger partial charge < -0.3 is 9.84 Å². The molecule has 16 heavy (non-hydrogen) atoms. The summed E-state index contributed by atoms with van der Waals surface area (Å²) < 4.78 is 5.75. The molecule has 0 aliphatic carbocycles. The zero-order valence-electron chi connectivity index (χ0n) is 9.38. The van der Waals surface area contributed by atoms with E-state index < -0.39 is 11.8 Å². The summed E-state index contributed by atoms with van der Waals surface area (Å²) in [6.45, 7) is 3.92. The van der Waals surface area contributed by atoms with Gasteiger partial charge in [0, 0.05) is 0 Å². The standard InChI is InChI=1S/C12H15NO3/c1-12(2)13(11(14)15)8-10(16-12)9-6-4-3-5-7-9/h3-7,10H,8H2,1-2H3,(H,14,15). The van der Waals surface area contributed by atoms with Crippen LogP contribution in [0.4, 0.5) is 4.79 Å². The highest BCUT2D eigenvalue weighted by Crippen LogP contribution is 2.35. The van der Waals surface area contributed by atoms with Gasteiger partial charge in [0.2, 0.25) is 0 Å². The van der Waals surface area contributed by atoms with Gasteiger partial charge in [0.15, 0.2) is 0 Å². The summed E-state index contributed by atoms with van der Waals surface area (Å²) in [5.74, 6) is 0. The van der Waals surface area contributed by atoms with Crippen LogP contribution in [0.5, 0.6) is 0 Å². The van der Waals surface area contributed by atoms with E-state index in [0.29, 0.717) is 6.54 Å². The molecule has 1 amide bonds. The van der Waals surface area contributed by atoms with Crippen LogP contribution in [-0.4, -0.2) is 28.4 Å². The Morgan fingerprint density at radius 3 is 2.56 bits per heavy atom. The van der Waals surface area contributed by atoms with E-state index in [1.165, 1.54) is 4.90 Å². The molecule has 1 heterocycles. The smallest absolute Gasteiger partial charge is 0.409 e. The van der Waals surface area contributed by atoms with Gasteiger partial charge in [0.05, 0.1) is 6.54 Å². The second-order valence-electron chi connectivity index (χ2n) is 4.36. The zero-order chi connectivity index (χ0) is 11.8. The molecule has 1 N–H and O–H groups in total. The average Bonchev–Trinajstić information content (AvgIpc) is 2.56. The fourth-order valence-corrected chi connectivity index (χ4v) is 1.98. The Balaban J connectivity index is 2.21. The van der Waals surface area contributed by atoms with Crippen molar-refractivity contribution >= 4 is 6.09 Å². The lowest BCUT2D eigenvalue weighted by Crippen LogP contribution is -2.42. The molecule has 1 fully saturated rings. The first-order valence-corrected chi connectivity index (χ1v) is 5.24. The van der Waals surface area contributed by atoms with Gasteiger partial charge in [-0.05, 0) is 19.4 Å². The summed E-state index contributed by atoms with van der Waals surface area (Å²) in [7, 11) is 0. The molecule has 0 bridgehead atoms. The molecule has 1 atom stereocenters. The summed E-state index contributed by atoms with van der Waals surface area (Å²) >= 11 is 0. The highest BCUT2D eigenvalue weighted by atomic mass is 16.6. The van der Waals surface area contributed by atoms with Crippen molar-refractivity contribution in [3.63, 3.8) is 0 Å². The van der Waals surface area contributed by atoms with E-state index in [1.807, 2.05) is 30.3 Å². The topological polar surface area (TPSA) is 49.8 Å². The molecule has 1 aromatic rings. The fourth-order valence-electron chi connectivity index (χ4n) is 1.98. The predicted octanol–water partition coefficient (Wildman–Crippen LogP) is 2.47. The van der Waals surface area contributed by atoms with Crippen LogP contribution >= 0.6 is 0 Å². The first kappa shape index (κ1) is 11.0. The summed E-state index contributed by atoms with van der Waals surface area (Å²) in [5.41, 5.74) is 0.256. The monoisotopic (exact) mass is 221 g/mol. The Bertz CT molecular complexity index is 389. The lowest BCUT2D eigenvalue weighted by Gasteiger charge is -2.26. The van der Waals surface area contributed by atoms with Crippen LogP contribution in [0.15, 0.2) is 30.3 Å². The highest BCUT2D eigenvalue weighted by molar-refractivity contribution is 5.66. The highest BCUT2D eigenvalue weighted by Gasteiger charge is 2.42. The maximum Gasteiger partial charge on any atom is 0.409 e. The molecule has 4 nitrogen and oxygen atoms in total. The largest absolute Gasteiger partial charge is 0.465 e. The van der Waals surface area contributed by atoms with Gasteiger partial charge in [-0.15, -0.1) is 0 Å². The van der Waals surface area contributed by atoms with E-state index in [1.54, 1.807) is 13.8 Å². The van der Waals surface area contributed by atoms with E-state index in [4.69, 9.17) is 9.84 Å². The van der Waals surface area contributed by atoms with Crippen molar-refractivity contribution in [1.29, 1.82) is 0 Å². The van der Waals surface area contributed by atoms with Crippen molar-refractivity contribution < 1.29 is 14.6 Å². The first-order chi connectivity index (χ1) is 7.50. The number of ether oxygens (including phenoxy) is 1. The van der Waals surface area contributed by atoms with Gasteiger partial charge in [-0.1, -0.05) is 30.3 Å². The van der Waals surface area contributed by atoms with E-state index in [-0.39, 0.29) is 6.10 Å². The van der Waals surface area contributed by atoms with E-state index in [0.717, 1.165) is 5.56 Å². The quantitative estimate of drug-likeness (QED) is 0.792. The number of hydrogen-bond donors (Lipinski definition) is 1. The van der Waals surface area contributed by atoms with Gasteiger partial charge in [0.25, 0.3) is 0 Å². The maximum absolute atomic E-state index is 11.0. The van der Waals surface area contributed by atoms with E-state index >= 15 is 0 Å². The van der Waals surface area contributed by atoms with Gasteiger partial charge in [-0.25, -0.2) is 4.79 Å². The van der Waals surface area contributed by atoms with Crippen molar-refractivity contribution in [2.45, 2.75) is 25.7 Å². The minimum Gasteiger partial charge on any atom is -0.465 e. The lowest BCUT2D eigenvalue weighted by molar-refractivity contribution is -0.0672. The third kappa shape index (κ3) is 1.88. The SMILES string of the molecule is CC1(C)OC(c2ccccc2)CN1C(=O)O. The van der Waals surface area contributed by atoms with Crippen LogP contribution in [0, 0.1) is 0 Å². The van der Waals surface area contributed by atoms with Crippen molar-refractivity contribution in [2.24, 2.45) is 0 Å². The minimum absolute atomic E-state index is 0.174. The Hall–Kier alpha value is -1.55. The van der Waals surface area contributed by atoms with Gasteiger partial charge >= 0.3 is 6.09 Å². The van der Waals surface area contributed by atoms with Crippen molar-refractivity contribution in [2.75, 3.05) is 6.54 Å². The molecule has 4 heteroatoms. The number of nitrogens with zero attached hydrogens (tertiary/aromatic N) is 1. The second-order valence-corrected chi connectivity index (χ2v) is 4.36. The third-order valence-electron chi connectivity index (χ3n) is 2.83. The summed E-state index contributed by atoms with van der Waals surface area (Å²) in [5, 5.41) is 9.06. The average molecular weight is 221 g/mol. The molecule has 0 aromatic heterocycles. The van der Waals surface area contributed by atoms with Crippen molar-refractivity contribution in [1.82, 2.24) is 4.90 Å². The van der Waals surface area contributed by atoms with Crippen LogP contribution in [0.3, 0.4) is 0 Å². The molecule has 86 valence electrons. The molecular formula is C12H15NO3. The summed E-state index contributed by atoms with van der Waals surface area (Å²) in [4.78, 5) is 12.4. The Morgan fingerprint density at radius 2 is 2.06 bits per heavy atom. The molecule has 1 aromatic carbocycles. The molecule has 1 aliphatic rings. The van der Waals surface area contributed by atoms with Crippen LogP contribution in [-0.2, 0) is 4.74 Å². The number of carboxylic acid groups (broad SMARTS) is 1. The third-order valence-corrected chi connectivity index (χ3v) is 2.83. The normalized spacial score (nSPS) is 23.4. The van der Waals surface area contributed by atoms with E-state index in [2.05, 4.69) is 0 Å². The fraction of sp³-hybridized carbons (Fsp3) is 0.417. The number of benzene rings is 1. The van der Waals surface area contributed by atoms with Crippen LogP contribution in [0.1, 0.15) is 25.5 Å². The van der Waals surface area contributed by atoms with Gasteiger partial charge in [0.1, 0.15) is 11.8 Å². The predicted molar refractivity (Wildman–Crippen MR) is 59.1 cm³/mol. The molecule has 2 rings (SSSR count). The Kier molecular flexibility index (Phi) is 2.59. The van der Waals surface area contributed by atoms with Crippen LogP contribution in [0.2, 0.25) is 0 Å². The second kappa shape index (κ2) is 3.79.